The second kappa shape index (κ2) is 23.3. The smallest absolute Gasteiger partial charge is 0.187 e. The van der Waals surface area contributed by atoms with E-state index in [2.05, 4.69) is 0 Å². The van der Waals surface area contributed by atoms with Crippen LogP contribution in [0.15, 0.2) is 0 Å². The molecule has 0 amide bonds. The van der Waals surface area contributed by atoms with Gasteiger partial charge in [0.25, 0.3) is 0 Å². The molecule has 30 nitrogen and oxygen atoms in total. The predicted molar refractivity (Wildman–Crippen MR) is 205 cm³/mol. The minimum Gasteiger partial charge on any atom is -0.394 e. The van der Waals surface area contributed by atoms with Gasteiger partial charge in [-0.05, 0) is 6.92 Å². The first-order valence-corrected chi connectivity index (χ1v) is 22.0. The van der Waals surface area contributed by atoms with E-state index in [0.29, 0.717) is 0 Å². The van der Waals surface area contributed by atoms with Gasteiger partial charge < -0.3 is 148 Å². The molecule has 0 aromatic heterocycles. The maximum absolute atomic E-state index is 10.9. The highest BCUT2D eigenvalue weighted by molar-refractivity contribution is 4.96. The Morgan fingerprint density at radius 2 is 0.529 bits per heavy atom. The Kier molecular flexibility index (Phi) is 18.7. The van der Waals surface area contributed by atoms with Crippen LogP contribution in [0.5, 0.6) is 0 Å². The summed E-state index contributed by atoms with van der Waals surface area (Å²) >= 11 is 0. The third-order valence-electron chi connectivity index (χ3n) is 13.0. The van der Waals surface area contributed by atoms with E-state index in [4.69, 9.17) is 61.6 Å². The average molecular weight is 1000 g/mol. The second-order valence-electron chi connectivity index (χ2n) is 17.6. The van der Waals surface area contributed by atoms with E-state index >= 15 is 0 Å². The van der Waals surface area contributed by atoms with Crippen LogP contribution in [0.1, 0.15) is 6.92 Å². The molecule has 7 aliphatic rings. The fourth-order valence-electron chi connectivity index (χ4n) is 8.67. The van der Waals surface area contributed by atoms with E-state index in [1.165, 1.54) is 6.92 Å². The SMILES string of the molecule is CC1OC(COC2OC(COC3OC(COC4OC(CO)C(O)C(O)C4O)C(O)C3O)C(O)C2O)C(OC2OC(COC3OC(COC4OC(CO)C(O)C(O)C4O)C(O)C3O)C(O)C2O)C1O. The van der Waals surface area contributed by atoms with Gasteiger partial charge in [0, 0.05) is 0 Å². The van der Waals surface area contributed by atoms with E-state index in [-0.39, 0.29) is 0 Å². The van der Waals surface area contributed by atoms with Crippen molar-refractivity contribution in [2.24, 2.45) is 0 Å². The Bertz CT molecular complexity index is 1560. The predicted octanol–water partition coefficient (Wildman–Crippen LogP) is -12.0. The van der Waals surface area contributed by atoms with E-state index in [1.807, 2.05) is 0 Å². The quantitative estimate of drug-likeness (QED) is 0.0571. The maximum atomic E-state index is 10.9. The lowest BCUT2D eigenvalue weighted by atomic mass is 9.99. The van der Waals surface area contributed by atoms with Crippen LogP contribution in [-0.2, 0) is 61.6 Å². The van der Waals surface area contributed by atoms with E-state index in [0.717, 1.165) is 0 Å². The molecule has 30 heteroatoms. The van der Waals surface area contributed by atoms with Crippen molar-refractivity contribution < 1.29 is 148 Å². The van der Waals surface area contributed by atoms with E-state index < -0.39 is 230 Å². The summed E-state index contributed by atoms with van der Waals surface area (Å²) in [5.74, 6) is 0. The van der Waals surface area contributed by atoms with Gasteiger partial charge in [0.2, 0.25) is 0 Å². The molecule has 0 aliphatic carbocycles. The molecule has 0 radical (unpaired) electrons. The van der Waals surface area contributed by atoms with Gasteiger partial charge in [-0.3, -0.25) is 0 Å². The van der Waals surface area contributed by atoms with Crippen molar-refractivity contribution in [3.63, 3.8) is 0 Å². The number of aliphatic hydroxyl groups excluding tert-OH is 17. The Labute approximate surface area is 385 Å². The largest absolute Gasteiger partial charge is 0.394 e. The highest BCUT2D eigenvalue weighted by Gasteiger charge is 2.54. The molecule has 7 heterocycles. The minimum atomic E-state index is -1.74. The first-order valence-electron chi connectivity index (χ1n) is 22.0. The van der Waals surface area contributed by atoms with E-state index in [9.17, 15) is 86.8 Å². The zero-order valence-electron chi connectivity index (χ0n) is 36.2. The van der Waals surface area contributed by atoms with Crippen LogP contribution in [0.4, 0.5) is 0 Å². The topological polar surface area (TPSA) is 464 Å². The summed E-state index contributed by atoms with van der Waals surface area (Å²) in [5, 5.41) is 175. The molecule has 17 N–H and O–H groups in total. The summed E-state index contributed by atoms with van der Waals surface area (Å²) in [6, 6.07) is 0. The molecule has 30 unspecified atom stereocenters. The summed E-state index contributed by atoms with van der Waals surface area (Å²) in [5.41, 5.74) is 0. The fraction of sp³-hybridized carbons (Fsp3) is 1.00. The molecule has 7 rings (SSSR count). The van der Waals surface area contributed by atoms with Gasteiger partial charge in [0.15, 0.2) is 37.7 Å². The lowest BCUT2D eigenvalue weighted by Gasteiger charge is -2.39. The summed E-state index contributed by atoms with van der Waals surface area (Å²) in [6.07, 6.45) is -45.0. The molecule has 7 saturated heterocycles. The van der Waals surface area contributed by atoms with E-state index in [1.54, 1.807) is 0 Å². The second-order valence-corrected chi connectivity index (χ2v) is 17.6. The zero-order valence-corrected chi connectivity index (χ0v) is 36.2. The van der Waals surface area contributed by atoms with Crippen molar-refractivity contribution in [3.05, 3.63) is 0 Å². The summed E-state index contributed by atoms with van der Waals surface area (Å²) in [6.45, 7) is -2.47. The van der Waals surface area contributed by atoms with Crippen molar-refractivity contribution in [2.75, 3.05) is 46.2 Å². The normalized spacial score (nSPS) is 53.2. The first kappa shape index (κ1) is 54.6. The van der Waals surface area contributed by atoms with Gasteiger partial charge in [-0.1, -0.05) is 0 Å². The number of hydrogen-bond donors (Lipinski definition) is 17. The van der Waals surface area contributed by atoms with Crippen LogP contribution >= 0.6 is 0 Å². The van der Waals surface area contributed by atoms with Crippen LogP contribution in [0.25, 0.3) is 0 Å². The summed E-state index contributed by atoms with van der Waals surface area (Å²) in [7, 11) is 0. The lowest BCUT2D eigenvalue weighted by molar-refractivity contribution is -0.307. The van der Waals surface area contributed by atoms with Gasteiger partial charge in [0.05, 0.1) is 52.4 Å². The van der Waals surface area contributed by atoms with Crippen molar-refractivity contribution in [2.45, 2.75) is 191 Å². The highest BCUT2D eigenvalue weighted by Crippen LogP contribution is 2.34. The maximum Gasteiger partial charge on any atom is 0.187 e. The molecular formula is C38H64O30. The molecule has 0 aromatic rings. The van der Waals surface area contributed by atoms with Crippen molar-refractivity contribution in [1.82, 2.24) is 0 Å². The van der Waals surface area contributed by atoms with Crippen LogP contribution in [-0.4, -0.2) is 317 Å². The summed E-state index contributed by atoms with van der Waals surface area (Å²) in [4.78, 5) is 0. The standard InChI is InChI=1S/C38H64O30/c1-9-17(41)32(68-38-29(53)23(47)15(67-38)7-57-34-27(51)21(45)14(65-34)6-59-37-31(55)25(49)19(43)11(3-40)63-37)16(61-9)8-60-35-28(52)22(46)12(66-35)4-56-33-26(50)20(44)13(64-33)5-58-36-30(54)24(48)18(42)10(2-39)62-36/h9-55H,2-8H2,1H3. The third kappa shape index (κ3) is 11.4. The van der Waals surface area contributed by atoms with Crippen LogP contribution in [0.3, 0.4) is 0 Å². The van der Waals surface area contributed by atoms with Crippen LogP contribution < -0.4 is 0 Å². The molecule has 396 valence electrons. The number of rotatable bonds is 19. The zero-order chi connectivity index (χ0) is 49.5. The van der Waals surface area contributed by atoms with Gasteiger partial charge in [0.1, 0.15) is 140 Å². The average Bonchev–Trinajstić information content (AvgIpc) is 4.03. The molecular weight excluding hydrogens is 936 g/mol. The minimum absolute atomic E-state index is 0.445. The Morgan fingerprint density at radius 3 is 0.853 bits per heavy atom. The molecule has 0 spiro atoms. The number of hydrogen-bond acceptors (Lipinski definition) is 30. The van der Waals surface area contributed by atoms with Gasteiger partial charge in [-0.25, -0.2) is 0 Å². The summed E-state index contributed by atoms with van der Waals surface area (Å²) < 4.78 is 72.2. The first-order chi connectivity index (χ1) is 32.2. The molecule has 68 heavy (non-hydrogen) atoms. The number of ether oxygens (including phenoxy) is 13. The molecule has 30 atom stereocenters. The van der Waals surface area contributed by atoms with Crippen LogP contribution in [0, 0.1) is 0 Å². The number of aliphatic hydroxyl groups is 17. The Balaban J connectivity index is 0.846. The fourth-order valence-corrected chi connectivity index (χ4v) is 8.67. The molecule has 0 aromatic carbocycles. The lowest BCUT2D eigenvalue weighted by Crippen LogP contribution is -2.59. The van der Waals surface area contributed by atoms with Gasteiger partial charge in [-0.2, -0.15) is 0 Å². The monoisotopic (exact) mass is 1000 g/mol. The van der Waals surface area contributed by atoms with Gasteiger partial charge in [-0.15, -0.1) is 0 Å². The van der Waals surface area contributed by atoms with Crippen molar-refractivity contribution in [3.8, 4) is 0 Å². The Hall–Kier alpha value is -1.20. The molecule has 7 aliphatic heterocycles. The molecule has 0 bridgehead atoms. The van der Waals surface area contributed by atoms with Crippen molar-refractivity contribution >= 4 is 0 Å². The molecule has 0 saturated carbocycles. The Morgan fingerprint density at radius 1 is 0.279 bits per heavy atom. The molecule has 7 fully saturated rings. The van der Waals surface area contributed by atoms with Gasteiger partial charge >= 0.3 is 0 Å². The van der Waals surface area contributed by atoms with Crippen molar-refractivity contribution in [1.29, 1.82) is 0 Å². The highest BCUT2D eigenvalue weighted by atomic mass is 16.8. The third-order valence-corrected chi connectivity index (χ3v) is 13.0. The van der Waals surface area contributed by atoms with Crippen LogP contribution in [0.2, 0.25) is 0 Å².